The third-order valence-electron chi connectivity index (χ3n) is 3.66. The molecule has 0 bridgehead atoms. The lowest BCUT2D eigenvalue weighted by Crippen LogP contribution is -2.12. The monoisotopic (exact) mass is 280 g/mol. The lowest BCUT2D eigenvalue weighted by Gasteiger charge is -2.18. The Morgan fingerprint density at radius 3 is 2.67 bits per heavy atom. The lowest BCUT2D eigenvalue weighted by atomic mass is 10.2. The van der Waals surface area contributed by atoms with Gasteiger partial charge in [0.15, 0.2) is 0 Å². The van der Waals surface area contributed by atoms with Crippen molar-refractivity contribution in [3.05, 3.63) is 60.0 Å². The maximum Gasteiger partial charge on any atom is 0.137 e. The minimum Gasteiger partial charge on any atom is -0.378 e. The van der Waals surface area contributed by atoms with Crippen molar-refractivity contribution in [1.29, 1.82) is 0 Å². The average Bonchev–Trinajstić information content (AvgIpc) is 2.81. The van der Waals surface area contributed by atoms with E-state index in [9.17, 15) is 0 Å². The third-order valence-corrected chi connectivity index (χ3v) is 3.66. The predicted molar refractivity (Wildman–Crippen MR) is 88.0 cm³/mol. The van der Waals surface area contributed by atoms with Crippen LogP contribution in [0.15, 0.2) is 48.7 Å². The number of nitrogens with one attached hydrogen (secondary N) is 1. The Bertz CT molecular complexity index is 758. The maximum atomic E-state index is 4.60. The van der Waals surface area contributed by atoms with Crippen LogP contribution in [0, 0.1) is 6.92 Å². The number of benzene rings is 1. The summed E-state index contributed by atoms with van der Waals surface area (Å²) < 4.78 is 2.14. The van der Waals surface area contributed by atoms with Gasteiger partial charge >= 0.3 is 0 Å². The minimum atomic E-state index is 0.752. The predicted octanol–water partition coefficient (Wildman–Crippen LogP) is 3.32. The topological polar surface area (TPSA) is 32.6 Å². The van der Waals surface area contributed by atoms with Gasteiger partial charge in [-0.1, -0.05) is 18.2 Å². The summed E-state index contributed by atoms with van der Waals surface area (Å²) in [6, 6.07) is 14.4. The molecule has 0 aliphatic heterocycles. The molecule has 0 spiro atoms. The summed E-state index contributed by atoms with van der Waals surface area (Å²) in [6.45, 7) is 2.81. The molecule has 1 aromatic carbocycles. The Labute approximate surface area is 125 Å². The number of para-hydroxylation sites is 2. The van der Waals surface area contributed by atoms with Gasteiger partial charge in [-0.2, -0.15) is 0 Å². The first-order chi connectivity index (χ1) is 10.2. The van der Waals surface area contributed by atoms with Crippen molar-refractivity contribution < 1.29 is 0 Å². The first-order valence-electron chi connectivity index (χ1n) is 7.09. The number of pyridine rings is 1. The summed E-state index contributed by atoms with van der Waals surface area (Å²) in [4.78, 5) is 6.71. The molecule has 1 N–H and O–H groups in total. The molecular formula is C17H20N4. The first kappa shape index (κ1) is 13.5. The molecule has 0 aliphatic carbocycles. The van der Waals surface area contributed by atoms with E-state index in [1.807, 2.05) is 18.2 Å². The average molecular weight is 280 g/mol. The summed E-state index contributed by atoms with van der Waals surface area (Å²) in [7, 11) is 4.11. The molecule has 3 aromatic rings. The van der Waals surface area contributed by atoms with Crippen molar-refractivity contribution in [2.75, 3.05) is 24.3 Å². The zero-order chi connectivity index (χ0) is 14.8. The SMILES string of the molecule is Cc1nc2ccccn2c1CNc1ccccc1N(C)C. The second-order valence-corrected chi connectivity index (χ2v) is 5.34. The minimum absolute atomic E-state index is 0.752. The van der Waals surface area contributed by atoms with Crippen LogP contribution in [0.3, 0.4) is 0 Å². The van der Waals surface area contributed by atoms with Crippen LogP contribution in [0.4, 0.5) is 11.4 Å². The number of fused-ring (bicyclic) bond motifs is 1. The number of aromatic nitrogens is 2. The standard InChI is InChI=1S/C17H20N4/c1-13-16(21-11-7-6-10-17(21)19-13)12-18-14-8-4-5-9-15(14)20(2)3/h4-11,18H,12H2,1-3H3. The van der Waals surface area contributed by atoms with Crippen molar-refractivity contribution in [2.45, 2.75) is 13.5 Å². The molecular weight excluding hydrogens is 260 g/mol. The van der Waals surface area contributed by atoms with Crippen LogP contribution in [0.2, 0.25) is 0 Å². The van der Waals surface area contributed by atoms with Gasteiger partial charge in [0.2, 0.25) is 0 Å². The lowest BCUT2D eigenvalue weighted by molar-refractivity contribution is 0.983. The Kier molecular flexibility index (Phi) is 3.52. The van der Waals surface area contributed by atoms with E-state index in [1.165, 1.54) is 11.4 Å². The van der Waals surface area contributed by atoms with E-state index >= 15 is 0 Å². The maximum absolute atomic E-state index is 4.60. The van der Waals surface area contributed by atoms with Crippen LogP contribution < -0.4 is 10.2 Å². The molecule has 3 rings (SSSR count). The van der Waals surface area contributed by atoms with Gasteiger partial charge in [-0.15, -0.1) is 0 Å². The van der Waals surface area contributed by atoms with E-state index in [4.69, 9.17) is 0 Å². The van der Waals surface area contributed by atoms with E-state index in [1.54, 1.807) is 0 Å². The molecule has 108 valence electrons. The van der Waals surface area contributed by atoms with Crippen molar-refractivity contribution in [3.63, 3.8) is 0 Å². The summed E-state index contributed by atoms with van der Waals surface area (Å²) in [5, 5.41) is 3.53. The van der Waals surface area contributed by atoms with E-state index < -0.39 is 0 Å². The van der Waals surface area contributed by atoms with Crippen LogP contribution >= 0.6 is 0 Å². The van der Waals surface area contributed by atoms with Gasteiger partial charge in [0, 0.05) is 20.3 Å². The number of imidazole rings is 1. The van der Waals surface area contributed by atoms with Crippen LogP contribution in [-0.2, 0) is 6.54 Å². The van der Waals surface area contributed by atoms with Crippen LogP contribution in [0.1, 0.15) is 11.4 Å². The number of hydrogen-bond acceptors (Lipinski definition) is 3. The van der Waals surface area contributed by atoms with Crippen molar-refractivity contribution in [2.24, 2.45) is 0 Å². The van der Waals surface area contributed by atoms with Crippen LogP contribution in [0.25, 0.3) is 5.65 Å². The zero-order valence-electron chi connectivity index (χ0n) is 12.7. The van der Waals surface area contributed by atoms with Crippen LogP contribution in [0.5, 0.6) is 0 Å². The largest absolute Gasteiger partial charge is 0.378 e. The van der Waals surface area contributed by atoms with Gasteiger partial charge in [0.25, 0.3) is 0 Å². The summed E-state index contributed by atoms with van der Waals surface area (Å²) in [6.07, 6.45) is 2.06. The van der Waals surface area contributed by atoms with Crippen molar-refractivity contribution in [3.8, 4) is 0 Å². The van der Waals surface area contributed by atoms with Gasteiger partial charge in [-0.05, 0) is 31.2 Å². The number of hydrogen-bond donors (Lipinski definition) is 1. The molecule has 0 saturated carbocycles. The smallest absolute Gasteiger partial charge is 0.137 e. The van der Waals surface area contributed by atoms with Crippen molar-refractivity contribution in [1.82, 2.24) is 9.38 Å². The summed E-state index contributed by atoms with van der Waals surface area (Å²) in [5.41, 5.74) is 5.57. The molecule has 4 nitrogen and oxygen atoms in total. The zero-order valence-corrected chi connectivity index (χ0v) is 12.7. The highest BCUT2D eigenvalue weighted by Crippen LogP contribution is 2.24. The van der Waals surface area contributed by atoms with E-state index in [2.05, 4.69) is 71.1 Å². The number of aryl methyl sites for hydroxylation is 1. The Morgan fingerprint density at radius 2 is 1.86 bits per heavy atom. The fourth-order valence-corrected chi connectivity index (χ4v) is 2.57. The first-order valence-corrected chi connectivity index (χ1v) is 7.09. The third kappa shape index (κ3) is 2.57. The summed E-state index contributed by atoms with van der Waals surface area (Å²) >= 11 is 0. The van der Waals surface area contributed by atoms with Gasteiger partial charge in [-0.25, -0.2) is 4.98 Å². The fraction of sp³-hybridized carbons (Fsp3) is 0.235. The Balaban J connectivity index is 1.89. The number of nitrogens with zero attached hydrogens (tertiary/aromatic N) is 3. The van der Waals surface area contributed by atoms with E-state index in [-0.39, 0.29) is 0 Å². The highest BCUT2D eigenvalue weighted by Gasteiger charge is 2.09. The van der Waals surface area contributed by atoms with Gasteiger partial charge in [0.1, 0.15) is 5.65 Å². The molecule has 2 aromatic heterocycles. The molecule has 0 saturated heterocycles. The van der Waals surface area contributed by atoms with Crippen molar-refractivity contribution >= 4 is 17.0 Å². The second kappa shape index (κ2) is 5.48. The van der Waals surface area contributed by atoms with Gasteiger partial charge in [-0.3, -0.25) is 0 Å². The normalized spacial score (nSPS) is 10.8. The second-order valence-electron chi connectivity index (χ2n) is 5.34. The molecule has 0 atom stereocenters. The molecule has 0 radical (unpaired) electrons. The van der Waals surface area contributed by atoms with Crippen LogP contribution in [-0.4, -0.2) is 23.5 Å². The van der Waals surface area contributed by atoms with E-state index in [0.29, 0.717) is 0 Å². The molecule has 0 unspecified atom stereocenters. The molecule has 0 fully saturated rings. The Hall–Kier alpha value is -2.49. The van der Waals surface area contributed by atoms with Gasteiger partial charge < -0.3 is 14.6 Å². The molecule has 2 heterocycles. The molecule has 0 amide bonds. The van der Waals surface area contributed by atoms with Gasteiger partial charge in [0.05, 0.1) is 29.3 Å². The molecule has 21 heavy (non-hydrogen) atoms. The number of rotatable bonds is 4. The summed E-state index contributed by atoms with van der Waals surface area (Å²) in [5.74, 6) is 0. The van der Waals surface area contributed by atoms with E-state index in [0.717, 1.165) is 23.6 Å². The highest BCUT2D eigenvalue weighted by molar-refractivity contribution is 5.69. The number of anilines is 2. The highest BCUT2D eigenvalue weighted by atomic mass is 15.1. The quantitative estimate of drug-likeness (QED) is 0.795. The fourth-order valence-electron chi connectivity index (χ4n) is 2.57. The Morgan fingerprint density at radius 1 is 1.10 bits per heavy atom. The molecule has 0 aliphatic rings. The molecule has 4 heteroatoms.